The summed E-state index contributed by atoms with van der Waals surface area (Å²) in [6.07, 6.45) is 0.743. The van der Waals surface area contributed by atoms with Crippen LogP contribution in [-0.2, 0) is 0 Å². The number of thiophene rings is 1. The van der Waals surface area contributed by atoms with Crippen LogP contribution in [0, 0.1) is 6.92 Å². The van der Waals surface area contributed by atoms with E-state index in [1.165, 1.54) is 11.3 Å². The molecule has 0 saturated heterocycles. The lowest BCUT2D eigenvalue weighted by atomic mass is 10.2. The first-order chi connectivity index (χ1) is 10.6. The lowest BCUT2D eigenvalue weighted by Gasteiger charge is -2.06. The summed E-state index contributed by atoms with van der Waals surface area (Å²) in [4.78, 5) is 16.7. The van der Waals surface area contributed by atoms with Crippen molar-refractivity contribution in [1.29, 1.82) is 0 Å². The van der Waals surface area contributed by atoms with E-state index in [0.717, 1.165) is 22.5 Å². The Balaban J connectivity index is 0.00000264. The number of aryl methyl sites for hydroxylation is 1. The van der Waals surface area contributed by atoms with Gasteiger partial charge in [0.15, 0.2) is 5.96 Å². The summed E-state index contributed by atoms with van der Waals surface area (Å²) in [6, 6.07) is 11.6. The minimum Gasteiger partial charge on any atom is -0.370 e. The third kappa shape index (κ3) is 7.00. The smallest absolute Gasteiger partial charge is 0.261 e. The number of guanidine groups is 1. The molecule has 1 aromatic carbocycles. The van der Waals surface area contributed by atoms with Gasteiger partial charge in [0.1, 0.15) is 0 Å². The highest BCUT2D eigenvalue weighted by molar-refractivity contribution is 14.0. The molecule has 0 aliphatic carbocycles. The van der Waals surface area contributed by atoms with Gasteiger partial charge in [-0.15, -0.1) is 35.3 Å². The number of rotatable bonds is 6. The number of amides is 1. The van der Waals surface area contributed by atoms with Crippen LogP contribution in [0.2, 0.25) is 0 Å². The number of hydrogen-bond acceptors (Lipinski definition) is 3. The maximum absolute atomic E-state index is 11.7. The molecule has 1 aromatic heterocycles. The summed E-state index contributed by atoms with van der Waals surface area (Å²) >= 11 is 1.43. The van der Waals surface area contributed by atoms with E-state index in [1.54, 1.807) is 0 Å². The van der Waals surface area contributed by atoms with Gasteiger partial charge in [0.05, 0.1) is 4.88 Å². The number of anilines is 1. The molecule has 1 amide bonds. The molecular formula is C16H21IN4OS. The molecule has 0 saturated carbocycles. The molecule has 2 aromatic rings. The summed E-state index contributed by atoms with van der Waals surface area (Å²) in [5.74, 6) is 0.347. The minimum atomic E-state index is -0.0372. The van der Waals surface area contributed by atoms with Gasteiger partial charge in [-0.3, -0.25) is 9.79 Å². The van der Waals surface area contributed by atoms with E-state index < -0.39 is 0 Å². The van der Waals surface area contributed by atoms with Crippen LogP contribution in [0.3, 0.4) is 0 Å². The number of benzene rings is 1. The highest BCUT2D eigenvalue weighted by atomic mass is 127. The molecule has 124 valence electrons. The number of hydrogen-bond donors (Lipinski definition) is 3. The van der Waals surface area contributed by atoms with E-state index in [4.69, 9.17) is 5.73 Å². The zero-order valence-electron chi connectivity index (χ0n) is 12.9. The Morgan fingerprint density at radius 3 is 2.83 bits per heavy atom. The number of carbonyl (C=O) groups is 1. The Bertz CT molecular complexity index is 643. The number of nitrogens with two attached hydrogens (primary N) is 1. The number of nitrogens with one attached hydrogen (secondary N) is 2. The van der Waals surface area contributed by atoms with E-state index in [9.17, 15) is 4.79 Å². The monoisotopic (exact) mass is 444 g/mol. The first kappa shape index (κ1) is 19.4. The van der Waals surface area contributed by atoms with Gasteiger partial charge in [0.2, 0.25) is 0 Å². The van der Waals surface area contributed by atoms with Crippen molar-refractivity contribution in [2.45, 2.75) is 13.3 Å². The standard InChI is InChI=1S/C16H20N4OS.HI/c1-12-5-2-6-13(11-12)20-16(17)19-9-4-8-18-15(21)14-7-3-10-22-14;/h2-3,5-7,10-11H,4,8-9H2,1H3,(H,18,21)(H3,17,19,20);1H. The largest absolute Gasteiger partial charge is 0.370 e. The van der Waals surface area contributed by atoms with Crippen LogP contribution in [0.15, 0.2) is 46.8 Å². The lowest BCUT2D eigenvalue weighted by molar-refractivity contribution is 0.0957. The number of carbonyl (C=O) groups excluding carboxylic acids is 1. The molecule has 0 radical (unpaired) electrons. The fourth-order valence-electron chi connectivity index (χ4n) is 1.89. The van der Waals surface area contributed by atoms with E-state index in [-0.39, 0.29) is 29.9 Å². The van der Waals surface area contributed by atoms with Gasteiger partial charge in [0, 0.05) is 18.8 Å². The van der Waals surface area contributed by atoms with Gasteiger partial charge in [-0.2, -0.15) is 0 Å². The first-order valence-electron chi connectivity index (χ1n) is 7.10. The Hall–Kier alpha value is -1.61. The molecule has 5 nitrogen and oxygen atoms in total. The van der Waals surface area contributed by atoms with Crippen LogP contribution in [0.5, 0.6) is 0 Å². The molecule has 0 unspecified atom stereocenters. The average Bonchev–Trinajstić information content (AvgIpc) is 3.01. The number of aliphatic imine (C=N–C) groups is 1. The van der Waals surface area contributed by atoms with Crippen molar-refractivity contribution in [3.8, 4) is 0 Å². The van der Waals surface area contributed by atoms with Crippen molar-refractivity contribution in [3.05, 3.63) is 52.2 Å². The zero-order valence-corrected chi connectivity index (χ0v) is 16.1. The summed E-state index contributed by atoms with van der Waals surface area (Å²) in [6.45, 7) is 3.17. The molecule has 23 heavy (non-hydrogen) atoms. The van der Waals surface area contributed by atoms with Gasteiger partial charge in [-0.05, 0) is 42.5 Å². The fourth-order valence-corrected chi connectivity index (χ4v) is 2.53. The van der Waals surface area contributed by atoms with Gasteiger partial charge in [-0.25, -0.2) is 0 Å². The molecule has 1 heterocycles. The Morgan fingerprint density at radius 2 is 2.13 bits per heavy atom. The minimum absolute atomic E-state index is 0. The van der Waals surface area contributed by atoms with Crippen LogP contribution in [0.25, 0.3) is 0 Å². The number of nitrogens with zero attached hydrogens (tertiary/aromatic N) is 1. The van der Waals surface area contributed by atoms with E-state index in [1.807, 2.05) is 48.7 Å². The Labute approximate surface area is 157 Å². The molecular weight excluding hydrogens is 423 g/mol. The van der Waals surface area contributed by atoms with Crippen LogP contribution < -0.4 is 16.4 Å². The van der Waals surface area contributed by atoms with E-state index in [2.05, 4.69) is 15.6 Å². The molecule has 0 aliphatic heterocycles. The van der Waals surface area contributed by atoms with Crippen LogP contribution in [0.4, 0.5) is 5.69 Å². The quantitative estimate of drug-likeness (QED) is 0.277. The molecule has 0 bridgehead atoms. The van der Waals surface area contributed by atoms with Crippen LogP contribution in [0.1, 0.15) is 21.7 Å². The molecule has 0 aliphatic rings. The summed E-state index contributed by atoms with van der Waals surface area (Å²) < 4.78 is 0. The second-order valence-electron chi connectivity index (χ2n) is 4.85. The van der Waals surface area contributed by atoms with Gasteiger partial charge in [0.25, 0.3) is 5.91 Å². The Morgan fingerprint density at radius 1 is 1.30 bits per heavy atom. The third-order valence-corrected chi connectivity index (χ3v) is 3.81. The second kappa shape index (κ2) is 10.2. The lowest BCUT2D eigenvalue weighted by Crippen LogP contribution is -2.25. The molecule has 0 atom stereocenters. The summed E-state index contributed by atoms with van der Waals surface area (Å²) in [7, 11) is 0. The van der Waals surface area contributed by atoms with Crippen LogP contribution in [-0.4, -0.2) is 25.0 Å². The van der Waals surface area contributed by atoms with Gasteiger partial charge in [-0.1, -0.05) is 18.2 Å². The van der Waals surface area contributed by atoms with Crippen molar-refractivity contribution in [3.63, 3.8) is 0 Å². The average molecular weight is 444 g/mol. The molecule has 7 heteroatoms. The van der Waals surface area contributed by atoms with Crippen molar-refractivity contribution < 1.29 is 4.79 Å². The Kier molecular flexibility index (Phi) is 8.64. The van der Waals surface area contributed by atoms with Crippen molar-refractivity contribution in [2.24, 2.45) is 10.7 Å². The molecule has 2 rings (SSSR count). The number of halogens is 1. The van der Waals surface area contributed by atoms with Crippen LogP contribution >= 0.6 is 35.3 Å². The van der Waals surface area contributed by atoms with Crippen molar-refractivity contribution in [1.82, 2.24) is 5.32 Å². The first-order valence-corrected chi connectivity index (χ1v) is 7.98. The van der Waals surface area contributed by atoms with E-state index >= 15 is 0 Å². The highest BCUT2D eigenvalue weighted by Crippen LogP contribution is 2.09. The predicted molar refractivity (Wildman–Crippen MR) is 108 cm³/mol. The molecule has 0 fully saturated rings. The third-order valence-electron chi connectivity index (χ3n) is 2.94. The topological polar surface area (TPSA) is 79.5 Å². The van der Waals surface area contributed by atoms with Crippen molar-refractivity contribution in [2.75, 3.05) is 18.4 Å². The summed E-state index contributed by atoms with van der Waals surface area (Å²) in [5.41, 5.74) is 7.91. The maximum Gasteiger partial charge on any atom is 0.261 e. The fraction of sp³-hybridized carbons (Fsp3) is 0.250. The van der Waals surface area contributed by atoms with Gasteiger partial charge >= 0.3 is 0 Å². The normalized spacial score (nSPS) is 10.7. The molecule has 0 spiro atoms. The molecule has 4 N–H and O–H groups in total. The van der Waals surface area contributed by atoms with E-state index in [0.29, 0.717) is 19.0 Å². The predicted octanol–water partition coefficient (Wildman–Crippen LogP) is 3.22. The maximum atomic E-state index is 11.7. The zero-order chi connectivity index (χ0) is 15.8. The van der Waals surface area contributed by atoms with Gasteiger partial charge < -0.3 is 16.4 Å². The second-order valence-corrected chi connectivity index (χ2v) is 5.80. The summed E-state index contributed by atoms with van der Waals surface area (Å²) in [5, 5.41) is 7.79. The SMILES string of the molecule is Cc1cccc(NC(N)=NCCCNC(=O)c2cccs2)c1.I. The van der Waals surface area contributed by atoms with Crippen molar-refractivity contribution >= 4 is 52.9 Å². The highest BCUT2D eigenvalue weighted by Gasteiger charge is 2.04.